The maximum Gasteiger partial charge on any atom is 0.410 e. The van der Waals surface area contributed by atoms with Gasteiger partial charge in [0, 0.05) is 19.3 Å². The fourth-order valence-corrected chi connectivity index (χ4v) is 5.23. The van der Waals surface area contributed by atoms with E-state index >= 15 is 0 Å². The third-order valence-corrected chi connectivity index (χ3v) is 7.26. The average molecular weight is 455 g/mol. The molecule has 1 aromatic heterocycles. The summed E-state index contributed by atoms with van der Waals surface area (Å²) in [4.78, 5) is 18.8. The van der Waals surface area contributed by atoms with Crippen molar-refractivity contribution < 1.29 is 9.53 Å². The molecule has 5 heteroatoms. The quantitative estimate of drug-likeness (QED) is 0.447. The summed E-state index contributed by atoms with van der Waals surface area (Å²) in [6.45, 7) is 7.27. The van der Waals surface area contributed by atoms with Crippen LogP contribution in [0.1, 0.15) is 69.9 Å². The van der Waals surface area contributed by atoms with E-state index in [4.69, 9.17) is 16.3 Å². The lowest BCUT2D eigenvalue weighted by molar-refractivity contribution is 0.00839. The minimum absolute atomic E-state index is 0.189. The van der Waals surface area contributed by atoms with Gasteiger partial charge in [0.05, 0.1) is 0 Å². The number of piperidine rings is 1. The Morgan fingerprint density at radius 2 is 1.88 bits per heavy atom. The molecule has 2 fully saturated rings. The normalized spacial score (nSPS) is 22.4. The Morgan fingerprint density at radius 1 is 1.16 bits per heavy atom. The van der Waals surface area contributed by atoms with Crippen molar-refractivity contribution >= 4 is 17.7 Å². The second-order valence-corrected chi connectivity index (χ2v) is 11.1. The van der Waals surface area contributed by atoms with Gasteiger partial charge in [-0.2, -0.15) is 0 Å². The average Bonchev–Trinajstić information content (AvgIpc) is 3.54. The van der Waals surface area contributed by atoms with E-state index in [0.717, 1.165) is 38.3 Å². The van der Waals surface area contributed by atoms with Gasteiger partial charge in [0.2, 0.25) is 0 Å². The molecule has 1 saturated carbocycles. The fourth-order valence-electron chi connectivity index (χ4n) is 5.12. The predicted octanol–water partition coefficient (Wildman–Crippen LogP) is 6.88. The number of pyridine rings is 1. The second kappa shape index (κ2) is 9.43. The van der Waals surface area contributed by atoms with Crippen molar-refractivity contribution in [3.63, 3.8) is 0 Å². The number of carbonyl (C=O) groups is 1. The Hall–Kier alpha value is -2.07. The third kappa shape index (κ3) is 6.04. The van der Waals surface area contributed by atoms with Gasteiger partial charge in [0.1, 0.15) is 10.8 Å². The lowest BCUT2D eigenvalue weighted by Gasteiger charge is -2.42. The molecule has 0 bridgehead atoms. The highest BCUT2D eigenvalue weighted by atomic mass is 35.5. The van der Waals surface area contributed by atoms with Crippen LogP contribution >= 0.6 is 11.6 Å². The summed E-state index contributed by atoms with van der Waals surface area (Å²) >= 11 is 6.01. The standard InChI is InChI=1S/C27H35ClN2O2/c1-26(2,3)32-25(31)30-15-13-27(14-16-30,18-20-9-10-24(28)29-19-20)12-11-22-17-23(22)21-7-5-4-6-8-21/h4-10,19,22-23H,11-18H2,1-3H3/t22-,23?/m1/s1. The minimum atomic E-state index is -0.459. The summed E-state index contributed by atoms with van der Waals surface area (Å²) in [5, 5.41) is 0.534. The van der Waals surface area contributed by atoms with Crippen LogP contribution in [0, 0.1) is 11.3 Å². The van der Waals surface area contributed by atoms with Gasteiger partial charge in [0.15, 0.2) is 0 Å². The van der Waals surface area contributed by atoms with Gasteiger partial charge in [-0.3, -0.25) is 0 Å². The molecule has 1 aromatic carbocycles. The van der Waals surface area contributed by atoms with Gasteiger partial charge >= 0.3 is 6.09 Å². The molecule has 4 nitrogen and oxygen atoms in total. The molecule has 1 saturated heterocycles. The highest BCUT2D eigenvalue weighted by Crippen LogP contribution is 2.52. The molecule has 2 atom stereocenters. The Labute approximate surface area is 197 Å². The highest BCUT2D eigenvalue weighted by molar-refractivity contribution is 6.29. The van der Waals surface area contributed by atoms with Gasteiger partial charge in [-0.1, -0.05) is 48.0 Å². The topological polar surface area (TPSA) is 42.4 Å². The number of aromatic nitrogens is 1. The highest BCUT2D eigenvalue weighted by Gasteiger charge is 2.42. The number of ether oxygens (including phenoxy) is 1. The number of nitrogens with zero attached hydrogens (tertiary/aromatic N) is 2. The minimum Gasteiger partial charge on any atom is -0.444 e. The summed E-state index contributed by atoms with van der Waals surface area (Å²) in [7, 11) is 0. The van der Waals surface area contributed by atoms with E-state index in [1.807, 2.05) is 37.9 Å². The predicted molar refractivity (Wildman–Crippen MR) is 129 cm³/mol. The van der Waals surface area contributed by atoms with E-state index < -0.39 is 5.60 Å². The number of likely N-dealkylation sites (tertiary alicyclic amines) is 1. The first-order valence-electron chi connectivity index (χ1n) is 11.9. The first-order valence-corrected chi connectivity index (χ1v) is 12.2. The molecule has 2 heterocycles. The summed E-state index contributed by atoms with van der Waals surface area (Å²) < 4.78 is 5.61. The molecule has 0 spiro atoms. The van der Waals surface area contributed by atoms with Crippen LogP contribution in [0.4, 0.5) is 4.79 Å². The maximum absolute atomic E-state index is 12.6. The molecule has 4 rings (SSSR count). The smallest absolute Gasteiger partial charge is 0.410 e. The zero-order chi connectivity index (χ0) is 22.8. The van der Waals surface area contributed by atoms with E-state index in [1.54, 1.807) is 0 Å². The largest absolute Gasteiger partial charge is 0.444 e. The van der Waals surface area contributed by atoms with Crippen LogP contribution in [-0.2, 0) is 11.2 Å². The first kappa shape index (κ1) is 23.1. The molecular weight excluding hydrogens is 420 g/mol. The maximum atomic E-state index is 12.6. The van der Waals surface area contributed by atoms with Crippen molar-refractivity contribution in [2.75, 3.05) is 13.1 Å². The Bertz CT molecular complexity index is 900. The lowest BCUT2D eigenvalue weighted by atomic mass is 9.70. The summed E-state index contributed by atoms with van der Waals surface area (Å²) in [5.74, 6) is 1.49. The van der Waals surface area contributed by atoms with Crippen LogP contribution < -0.4 is 0 Å². The molecule has 1 aliphatic heterocycles. The lowest BCUT2D eigenvalue weighted by Crippen LogP contribution is -2.46. The van der Waals surface area contributed by atoms with Gasteiger partial charge in [-0.05, 0) is 93.7 Å². The molecule has 0 radical (unpaired) electrons. The number of halogens is 1. The van der Waals surface area contributed by atoms with E-state index in [2.05, 4.69) is 41.4 Å². The van der Waals surface area contributed by atoms with Crippen LogP contribution in [0.2, 0.25) is 5.15 Å². The Kier molecular flexibility index (Phi) is 6.80. The summed E-state index contributed by atoms with van der Waals surface area (Å²) in [6.07, 6.45) is 8.43. The molecule has 2 aliphatic rings. The number of amides is 1. The molecule has 1 unspecified atom stereocenters. The van der Waals surface area contributed by atoms with Crippen LogP contribution in [0.25, 0.3) is 0 Å². The third-order valence-electron chi connectivity index (χ3n) is 7.04. The number of carbonyl (C=O) groups excluding carboxylic acids is 1. The summed E-state index contributed by atoms with van der Waals surface area (Å²) in [5.41, 5.74) is 2.44. The fraction of sp³-hybridized carbons (Fsp3) is 0.556. The van der Waals surface area contributed by atoms with Crippen LogP contribution in [0.15, 0.2) is 48.7 Å². The van der Waals surface area contributed by atoms with Crippen molar-refractivity contribution in [2.45, 2.75) is 70.8 Å². The van der Waals surface area contributed by atoms with Gasteiger partial charge in [0.25, 0.3) is 0 Å². The number of rotatable bonds is 6. The van der Waals surface area contributed by atoms with Crippen LogP contribution in [0.5, 0.6) is 0 Å². The molecule has 32 heavy (non-hydrogen) atoms. The van der Waals surface area contributed by atoms with E-state index in [0.29, 0.717) is 11.1 Å². The number of benzene rings is 1. The van der Waals surface area contributed by atoms with Crippen LogP contribution in [0.3, 0.4) is 0 Å². The van der Waals surface area contributed by atoms with Crippen molar-refractivity contribution in [1.82, 2.24) is 9.88 Å². The van der Waals surface area contributed by atoms with Gasteiger partial charge in [-0.15, -0.1) is 0 Å². The van der Waals surface area contributed by atoms with Crippen molar-refractivity contribution in [2.24, 2.45) is 11.3 Å². The molecule has 1 amide bonds. The molecule has 172 valence electrons. The van der Waals surface area contributed by atoms with Crippen molar-refractivity contribution in [3.05, 3.63) is 64.9 Å². The zero-order valence-corrected chi connectivity index (χ0v) is 20.3. The van der Waals surface area contributed by atoms with Gasteiger partial charge in [-0.25, -0.2) is 9.78 Å². The number of hydrogen-bond acceptors (Lipinski definition) is 3. The second-order valence-electron chi connectivity index (χ2n) is 10.7. The first-order chi connectivity index (χ1) is 15.2. The van der Waals surface area contributed by atoms with E-state index in [9.17, 15) is 4.79 Å². The Balaban J connectivity index is 1.40. The van der Waals surface area contributed by atoms with Crippen molar-refractivity contribution in [1.29, 1.82) is 0 Å². The van der Waals surface area contributed by atoms with Gasteiger partial charge < -0.3 is 9.64 Å². The Morgan fingerprint density at radius 3 is 2.50 bits per heavy atom. The van der Waals surface area contributed by atoms with E-state index in [1.165, 1.54) is 30.4 Å². The SMILES string of the molecule is CC(C)(C)OC(=O)N1CCC(CC[C@@H]2CC2c2ccccc2)(Cc2ccc(Cl)nc2)CC1. The summed E-state index contributed by atoms with van der Waals surface area (Å²) in [6, 6.07) is 14.9. The monoisotopic (exact) mass is 454 g/mol. The molecule has 0 N–H and O–H groups in total. The molecule has 1 aliphatic carbocycles. The van der Waals surface area contributed by atoms with Crippen molar-refractivity contribution in [3.8, 4) is 0 Å². The van der Waals surface area contributed by atoms with E-state index in [-0.39, 0.29) is 11.5 Å². The zero-order valence-electron chi connectivity index (χ0n) is 19.5. The van der Waals surface area contributed by atoms with Crippen LogP contribution in [-0.4, -0.2) is 34.7 Å². The molecule has 2 aromatic rings. The molecular formula is C27H35ClN2O2. The number of hydrogen-bond donors (Lipinski definition) is 0.